The topological polar surface area (TPSA) is 144 Å². The molecule has 0 saturated carbocycles. The van der Waals surface area contributed by atoms with Crippen molar-refractivity contribution in [3.8, 4) is 22.6 Å². The molecular formula is C28H24F2N4O6. The highest BCUT2D eigenvalue weighted by atomic mass is 19.2. The van der Waals surface area contributed by atoms with Crippen LogP contribution < -0.4 is 25.4 Å². The summed E-state index contributed by atoms with van der Waals surface area (Å²) in [6, 6.07) is 13.4. The number of aliphatic hydroxyl groups excluding tert-OH is 1. The van der Waals surface area contributed by atoms with E-state index in [9.17, 15) is 28.3 Å². The maximum absolute atomic E-state index is 13.6. The average molecular weight is 551 g/mol. The maximum atomic E-state index is 13.6. The second-order valence-corrected chi connectivity index (χ2v) is 9.33. The predicted octanol–water partition coefficient (Wildman–Crippen LogP) is 2.42. The molecule has 2 aliphatic rings. The highest BCUT2D eigenvalue weighted by Gasteiger charge is 2.34. The van der Waals surface area contributed by atoms with Crippen LogP contribution in [-0.4, -0.2) is 48.5 Å². The molecule has 0 saturated heterocycles. The molecule has 0 spiro atoms. The molecule has 3 aromatic rings. The summed E-state index contributed by atoms with van der Waals surface area (Å²) in [6.45, 7) is 0.989. The molecule has 5 rings (SSSR count). The molecule has 0 aromatic heterocycles. The van der Waals surface area contributed by atoms with E-state index in [1.54, 1.807) is 30.3 Å². The van der Waals surface area contributed by atoms with Crippen LogP contribution in [-0.2, 0) is 14.4 Å². The van der Waals surface area contributed by atoms with Crippen molar-refractivity contribution in [2.45, 2.75) is 19.2 Å². The van der Waals surface area contributed by atoms with Gasteiger partial charge in [0.15, 0.2) is 23.1 Å². The molecule has 0 fully saturated rings. The number of aliphatic hydroxyl groups is 1. The zero-order chi connectivity index (χ0) is 28.6. The summed E-state index contributed by atoms with van der Waals surface area (Å²) in [6.07, 6.45) is -1.56. The molecule has 1 unspecified atom stereocenters. The number of carbonyl (C=O) groups is 3. The minimum atomic E-state index is -1.50. The molecule has 3 atom stereocenters. The molecule has 4 N–H and O–H groups in total. The number of carbonyl (C=O) groups excluding carboxylic acids is 3. The Kier molecular flexibility index (Phi) is 7.18. The van der Waals surface area contributed by atoms with E-state index in [0.29, 0.717) is 28.3 Å². The number of primary amides is 1. The van der Waals surface area contributed by atoms with Crippen molar-refractivity contribution in [3.63, 3.8) is 0 Å². The molecule has 0 bridgehead atoms. The van der Waals surface area contributed by atoms with Crippen molar-refractivity contribution in [1.82, 2.24) is 5.32 Å². The van der Waals surface area contributed by atoms with Gasteiger partial charge in [-0.3, -0.25) is 24.3 Å². The van der Waals surface area contributed by atoms with E-state index in [-0.39, 0.29) is 12.4 Å². The van der Waals surface area contributed by atoms with Crippen LogP contribution in [0.4, 0.5) is 14.5 Å². The fourth-order valence-corrected chi connectivity index (χ4v) is 4.44. The molecular weight excluding hydrogens is 526 g/mol. The van der Waals surface area contributed by atoms with Crippen molar-refractivity contribution in [1.29, 1.82) is 0 Å². The summed E-state index contributed by atoms with van der Waals surface area (Å²) in [7, 11) is 0. The van der Waals surface area contributed by atoms with E-state index < -0.39 is 54.1 Å². The van der Waals surface area contributed by atoms with Gasteiger partial charge in [0, 0.05) is 11.8 Å². The Bertz CT molecular complexity index is 1550. The first kappa shape index (κ1) is 26.8. The fraction of sp³-hybridized carbons (Fsp3) is 0.214. The molecule has 3 aromatic carbocycles. The van der Waals surface area contributed by atoms with Crippen LogP contribution in [0.3, 0.4) is 0 Å². The van der Waals surface area contributed by atoms with Crippen LogP contribution in [0.15, 0.2) is 59.6 Å². The van der Waals surface area contributed by atoms with Gasteiger partial charge in [0.25, 0.3) is 5.91 Å². The Balaban J connectivity index is 1.40. The average Bonchev–Trinajstić information content (AvgIpc) is 3.37. The molecule has 2 aliphatic heterocycles. The van der Waals surface area contributed by atoms with Crippen molar-refractivity contribution < 1.29 is 37.7 Å². The third kappa shape index (κ3) is 5.21. The predicted molar refractivity (Wildman–Crippen MR) is 140 cm³/mol. The number of benzene rings is 3. The number of nitrogens with two attached hydrogens (primary N) is 1. The van der Waals surface area contributed by atoms with Crippen molar-refractivity contribution >= 4 is 29.6 Å². The summed E-state index contributed by atoms with van der Waals surface area (Å²) in [5.74, 6) is -4.56. The van der Waals surface area contributed by atoms with Crippen LogP contribution >= 0.6 is 0 Å². The highest BCUT2D eigenvalue weighted by Crippen LogP contribution is 2.37. The Labute approximate surface area is 227 Å². The summed E-state index contributed by atoms with van der Waals surface area (Å²) < 4.78 is 37.7. The Morgan fingerprint density at radius 2 is 1.80 bits per heavy atom. The standard InChI is InChI=1S/C28H24F2N4O6/c1-14(25(36)17-4-6-19(29)20(30)8-17)27(37)33-26-28(38)34(12-24(31)35)21-9-15(2-3-18(21)11-32-26)16-5-7-22-23(10-16)40-13-39-22/h2-11,14,25-26,36H,12-13H2,1H3,(H2,31,35)(H,33,37)/t14-,25-,26?/m0/s1. The second-order valence-electron chi connectivity index (χ2n) is 9.33. The molecule has 206 valence electrons. The zero-order valence-electron chi connectivity index (χ0n) is 21.1. The Morgan fingerprint density at radius 3 is 2.55 bits per heavy atom. The molecule has 40 heavy (non-hydrogen) atoms. The minimum Gasteiger partial charge on any atom is -0.454 e. The van der Waals surface area contributed by atoms with Gasteiger partial charge in [0.1, 0.15) is 6.54 Å². The summed E-state index contributed by atoms with van der Waals surface area (Å²) >= 11 is 0. The van der Waals surface area contributed by atoms with Crippen LogP contribution in [0.25, 0.3) is 11.1 Å². The van der Waals surface area contributed by atoms with Gasteiger partial charge in [-0.2, -0.15) is 0 Å². The quantitative estimate of drug-likeness (QED) is 0.412. The lowest BCUT2D eigenvalue weighted by Crippen LogP contribution is -2.51. The normalized spacial score (nSPS) is 17.1. The molecule has 2 heterocycles. The number of rotatable bonds is 7. The molecule has 3 amide bonds. The molecule has 10 nitrogen and oxygen atoms in total. The first-order valence-corrected chi connectivity index (χ1v) is 12.2. The van der Waals surface area contributed by atoms with Crippen LogP contribution in [0.5, 0.6) is 11.5 Å². The van der Waals surface area contributed by atoms with Gasteiger partial charge in [-0.1, -0.05) is 31.2 Å². The van der Waals surface area contributed by atoms with E-state index >= 15 is 0 Å². The largest absolute Gasteiger partial charge is 0.454 e. The number of hydrogen-bond donors (Lipinski definition) is 3. The number of halogens is 2. The smallest absolute Gasteiger partial charge is 0.272 e. The zero-order valence-corrected chi connectivity index (χ0v) is 21.1. The number of benzodiazepines with no additional fused rings is 1. The number of nitrogens with one attached hydrogen (secondary N) is 1. The van der Waals surface area contributed by atoms with E-state index in [0.717, 1.165) is 28.7 Å². The van der Waals surface area contributed by atoms with Crippen molar-refractivity contribution in [3.05, 3.63) is 77.4 Å². The van der Waals surface area contributed by atoms with E-state index in [2.05, 4.69) is 10.3 Å². The van der Waals surface area contributed by atoms with Gasteiger partial charge in [0.2, 0.25) is 24.8 Å². The van der Waals surface area contributed by atoms with Crippen LogP contribution in [0.1, 0.15) is 24.2 Å². The van der Waals surface area contributed by atoms with Gasteiger partial charge >= 0.3 is 0 Å². The first-order valence-electron chi connectivity index (χ1n) is 12.2. The highest BCUT2D eigenvalue weighted by molar-refractivity contribution is 6.09. The van der Waals surface area contributed by atoms with E-state index in [1.165, 1.54) is 13.1 Å². The van der Waals surface area contributed by atoms with Gasteiger partial charge in [-0.15, -0.1) is 0 Å². The van der Waals surface area contributed by atoms with Gasteiger partial charge in [-0.05, 0) is 47.0 Å². The number of aliphatic imine (C=N–C) groups is 1. The third-order valence-electron chi connectivity index (χ3n) is 6.66. The number of hydrogen-bond acceptors (Lipinski definition) is 7. The van der Waals surface area contributed by atoms with Gasteiger partial charge in [0.05, 0.1) is 17.7 Å². The third-order valence-corrected chi connectivity index (χ3v) is 6.66. The van der Waals surface area contributed by atoms with Gasteiger partial charge < -0.3 is 25.6 Å². The summed E-state index contributed by atoms with van der Waals surface area (Å²) in [4.78, 5) is 43.8. The molecule has 12 heteroatoms. The van der Waals surface area contributed by atoms with Crippen LogP contribution in [0, 0.1) is 17.6 Å². The lowest BCUT2D eigenvalue weighted by molar-refractivity contribution is -0.132. The maximum Gasteiger partial charge on any atom is 0.272 e. The van der Waals surface area contributed by atoms with Crippen LogP contribution in [0.2, 0.25) is 0 Å². The van der Waals surface area contributed by atoms with E-state index in [4.69, 9.17) is 15.2 Å². The number of amides is 3. The number of anilines is 1. The van der Waals surface area contributed by atoms with Crippen molar-refractivity contribution in [2.24, 2.45) is 16.6 Å². The van der Waals surface area contributed by atoms with Crippen molar-refractivity contribution in [2.75, 3.05) is 18.2 Å². The Hall–Kier alpha value is -4.84. The first-order chi connectivity index (χ1) is 19.1. The number of nitrogens with zero attached hydrogens (tertiary/aromatic N) is 2. The van der Waals surface area contributed by atoms with Gasteiger partial charge in [-0.25, -0.2) is 8.78 Å². The molecule has 0 aliphatic carbocycles. The SMILES string of the molecule is C[C@H](C(=O)NC1N=Cc2ccc(-c3ccc4c(c3)OCO4)cc2N(CC(N)=O)C1=O)[C@H](O)c1ccc(F)c(F)c1. The Morgan fingerprint density at radius 1 is 1.07 bits per heavy atom. The monoisotopic (exact) mass is 550 g/mol. The lowest BCUT2D eigenvalue weighted by atomic mass is 9.96. The molecule has 0 radical (unpaired) electrons. The second kappa shape index (κ2) is 10.7. The summed E-state index contributed by atoms with van der Waals surface area (Å²) in [5, 5.41) is 13.0. The number of ether oxygens (including phenoxy) is 2. The lowest BCUT2D eigenvalue weighted by Gasteiger charge is -2.26. The number of fused-ring (bicyclic) bond motifs is 2. The van der Waals surface area contributed by atoms with E-state index in [1.807, 2.05) is 6.07 Å². The minimum absolute atomic E-state index is 0.0175. The fourth-order valence-electron chi connectivity index (χ4n) is 4.44. The summed E-state index contributed by atoms with van der Waals surface area (Å²) in [5.41, 5.74) is 7.74.